The third-order valence-corrected chi connectivity index (χ3v) is 4.52. The van der Waals surface area contributed by atoms with E-state index >= 15 is 0 Å². The van der Waals surface area contributed by atoms with Crippen molar-refractivity contribution in [3.05, 3.63) is 59.9 Å². The number of thiazole rings is 1. The van der Waals surface area contributed by atoms with Crippen LogP contribution in [0.15, 0.2) is 48.5 Å². The van der Waals surface area contributed by atoms with Gasteiger partial charge in [-0.15, -0.1) is 0 Å². The molecular formula is C19H16FN3O2S. The first kappa shape index (κ1) is 17.8. The Kier molecular flexibility index (Phi) is 5.09. The summed E-state index contributed by atoms with van der Waals surface area (Å²) < 4.78 is 14.6. The molecule has 0 saturated carbocycles. The summed E-state index contributed by atoms with van der Waals surface area (Å²) in [5.41, 5.74) is 2.29. The summed E-state index contributed by atoms with van der Waals surface area (Å²) >= 11 is 1.30. The predicted molar refractivity (Wildman–Crippen MR) is 103 cm³/mol. The minimum atomic E-state index is -0.383. The number of carbonyl (C=O) groups excluding carboxylic acids is 2. The molecule has 0 spiro atoms. The lowest BCUT2D eigenvalue weighted by molar-refractivity contribution is -0.114. The number of rotatable bonds is 4. The molecule has 0 atom stereocenters. The molecule has 0 saturated heterocycles. The van der Waals surface area contributed by atoms with Gasteiger partial charge >= 0.3 is 0 Å². The van der Waals surface area contributed by atoms with E-state index in [1.165, 1.54) is 30.4 Å². The van der Waals surface area contributed by atoms with Crippen molar-refractivity contribution in [2.24, 2.45) is 0 Å². The number of nitrogens with one attached hydrogen (secondary N) is 2. The van der Waals surface area contributed by atoms with Crippen molar-refractivity contribution in [3.8, 4) is 0 Å². The van der Waals surface area contributed by atoms with Gasteiger partial charge in [0.25, 0.3) is 0 Å². The average Bonchev–Trinajstić information content (AvgIpc) is 2.95. The maximum Gasteiger partial charge on any atom is 0.250 e. The Bertz CT molecular complexity index is 1030. The zero-order chi connectivity index (χ0) is 18.7. The van der Waals surface area contributed by atoms with Crippen molar-refractivity contribution in [1.29, 1.82) is 0 Å². The van der Waals surface area contributed by atoms with Crippen LogP contribution in [0, 0.1) is 5.82 Å². The van der Waals surface area contributed by atoms with E-state index in [9.17, 15) is 14.0 Å². The topological polar surface area (TPSA) is 71.1 Å². The molecule has 132 valence electrons. The molecule has 3 rings (SSSR count). The highest BCUT2D eigenvalue weighted by Crippen LogP contribution is 2.28. The van der Waals surface area contributed by atoms with Gasteiger partial charge in [0.15, 0.2) is 5.13 Å². The van der Waals surface area contributed by atoms with Gasteiger partial charge in [-0.05, 0) is 36.8 Å². The molecule has 0 aliphatic rings. The van der Waals surface area contributed by atoms with E-state index in [1.54, 1.807) is 43.3 Å². The normalized spacial score (nSPS) is 11.4. The first-order chi connectivity index (χ1) is 12.4. The largest absolute Gasteiger partial charge is 0.326 e. The van der Waals surface area contributed by atoms with E-state index in [4.69, 9.17) is 0 Å². The molecule has 0 aliphatic heterocycles. The third-order valence-electron chi connectivity index (χ3n) is 3.59. The molecule has 0 bridgehead atoms. The van der Waals surface area contributed by atoms with Crippen LogP contribution in [0.3, 0.4) is 0 Å². The number of fused-ring (bicyclic) bond motifs is 1. The van der Waals surface area contributed by atoms with Gasteiger partial charge in [0.2, 0.25) is 11.8 Å². The standard InChI is InChI=1S/C19H16FN3O2S/c1-11(14-5-3-4-6-15(14)20)9-18(25)23-19-22-16-8-7-13(21-12(2)24)10-17(16)26-19/h3-10H,1-2H3,(H,21,24)(H,22,23,25)/b11-9-. The summed E-state index contributed by atoms with van der Waals surface area (Å²) in [4.78, 5) is 27.7. The smallest absolute Gasteiger partial charge is 0.250 e. The first-order valence-electron chi connectivity index (χ1n) is 7.85. The number of benzene rings is 2. The lowest BCUT2D eigenvalue weighted by atomic mass is 10.1. The van der Waals surface area contributed by atoms with Crippen molar-refractivity contribution in [2.75, 3.05) is 10.6 Å². The van der Waals surface area contributed by atoms with Gasteiger partial charge in [0, 0.05) is 24.3 Å². The Balaban J connectivity index is 1.78. The highest BCUT2D eigenvalue weighted by Gasteiger charge is 2.09. The van der Waals surface area contributed by atoms with E-state index in [-0.39, 0.29) is 17.6 Å². The Morgan fingerprint density at radius 2 is 1.88 bits per heavy atom. The van der Waals surface area contributed by atoms with E-state index in [1.807, 2.05) is 0 Å². The van der Waals surface area contributed by atoms with E-state index in [0.29, 0.717) is 27.5 Å². The maximum atomic E-state index is 13.8. The second-order valence-electron chi connectivity index (χ2n) is 5.68. The number of anilines is 2. The summed E-state index contributed by atoms with van der Waals surface area (Å²) in [6.45, 7) is 3.11. The molecular weight excluding hydrogens is 353 g/mol. The summed E-state index contributed by atoms with van der Waals surface area (Å²) in [6, 6.07) is 11.6. The van der Waals surface area contributed by atoms with E-state index < -0.39 is 0 Å². The molecule has 26 heavy (non-hydrogen) atoms. The minimum Gasteiger partial charge on any atom is -0.326 e. The zero-order valence-corrected chi connectivity index (χ0v) is 15.0. The van der Waals surface area contributed by atoms with Gasteiger partial charge in [-0.2, -0.15) is 0 Å². The molecule has 2 N–H and O–H groups in total. The number of halogens is 1. The van der Waals surface area contributed by atoms with Crippen molar-refractivity contribution >= 4 is 49.8 Å². The number of aromatic nitrogens is 1. The Labute approximate surface area is 153 Å². The fourth-order valence-corrected chi connectivity index (χ4v) is 3.36. The molecule has 0 fully saturated rings. The Morgan fingerprint density at radius 1 is 1.12 bits per heavy atom. The van der Waals surface area contributed by atoms with Crippen LogP contribution in [0.5, 0.6) is 0 Å². The summed E-state index contributed by atoms with van der Waals surface area (Å²) in [5, 5.41) is 5.83. The molecule has 1 aromatic heterocycles. The lowest BCUT2D eigenvalue weighted by Gasteiger charge is -2.03. The van der Waals surface area contributed by atoms with Crippen LogP contribution in [0.2, 0.25) is 0 Å². The number of hydrogen-bond donors (Lipinski definition) is 2. The lowest BCUT2D eigenvalue weighted by Crippen LogP contribution is -2.08. The molecule has 0 aliphatic carbocycles. The number of allylic oxidation sites excluding steroid dienone is 1. The zero-order valence-electron chi connectivity index (χ0n) is 14.2. The average molecular weight is 369 g/mol. The van der Waals surface area contributed by atoms with Gasteiger partial charge in [-0.3, -0.25) is 14.9 Å². The van der Waals surface area contributed by atoms with Crippen molar-refractivity contribution in [3.63, 3.8) is 0 Å². The first-order valence-corrected chi connectivity index (χ1v) is 8.66. The molecule has 2 aromatic carbocycles. The summed E-state index contributed by atoms with van der Waals surface area (Å²) in [5.74, 6) is -0.914. The summed E-state index contributed by atoms with van der Waals surface area (Å²) in [6.07, 6.45) is 1.34. The Morgan fingerprint density at radius 3 is 2.62 bits per heavy atom. The quantitative estimate of drug-likeness (QED) is 0.668. The van der Waals surface area contributed by atoms with Crippen LogP contribution in [0.25, 0.3) is 15.8 Å². The fraction of sp³-hybridized carbons (Fsp3) is 0.105. The molecule has 0 radical (unpaired) electrons. The molecule has 7 heteroatoms. The second-order valence-corrected chi connectivity index (χ2v) is 6.71. The van der Waals surface area contributed by atoms with Crippen molar-refractivity contribution in [2.45, 2.75) is 13.8 Å². The van der Waals surface area contributed by atoms with Gasteiger partial charge in [-0.1, -0.05) is 29.5 Å². The second kappa shape index (κ2) is 7.45. The molecule has 5 nitrogen and oxygen atoms in total. The summed E-state index contributed by atoms with van der Waals surface area (Å²) in [7, 11) is 0. The number of amides is 2. The van der Waals surface area contributed by atoms with Crippen LogP contribution in [-0.4, -0.2) is 16.8 Å². The molecule has 1 heterocycles. The number of hydrogen-bond acceptors (Lipinski definition) is 4. The number of carbonyl (C=O) groups is 2. The monoisotopic (exact) mass is 369 g/mol. The maximum absolute atomic E-state index is 13.8. The van der Waals surface area contributed by atoms with Crippen LogP contribution < -0.4 is 10.6 Å². The highest BCUT2D eigenvalue weighted by molar-refractivity contribution is 7.22. The highest BCUT2D eigenvalue weighted by atomic mass is 32.1. The Hall–Kier alpha value is -3.06. The molecule has 3 aromatic rings. The third kappa shape index (κ3) is 4.12. The molecule has 2 amide bonds. The van der Waals surface area contributed by atoms with Crippen molar-refractivity contribution < 1.29 is 14.0 Å². The van der Waals surface area contributed by atoms with Crippen LogP contribution in [0.1, 0.15) is 19.4 Å². The van der Waals surface area contributed by atoms with Crippen LogP contribution >= 0.6 is 11.3 Å². The van der Waals surface area contributed by atoms with Crippen LogP contribution in [-0.2, 0) is 9.59 Å². The van der Waals surface area contributed by atoms with Crippen molar-refractivity contribution in [1.82, 2.24) is 4.98 Å². The SMILES string of the molecule is CC(=O)Nc1ccc2nc(NC(=O)/C=C(/C)c3ccccc3F)sc2c1. The van der Waals surface area contributed by atoms with Crippen LogP contribution in [0.4, 0.5) is 15.2 Å². The van der Waals surface area contributed by atoms with Gasteiger partial charge in [-0.25, -0.2) is 9.37 Å². The van der Waals surface area contributed by atoms with Gasteiger partial charge in [0.1, 0.15) is 5.82 Å². The molecule has 0 unspecified atom stereocenters. The fourth-order valence-electron chi connectivity index (χ4n) is 2.46. The van der Waals surface area contributed by atoms with Gasteiger partial charge in [0.05, 0.1) is 10.2 Å². The minimum absolute atomic E-state index is 0.156. The van der Waals surface area contributed by atoms with Gasteiger partial charge < -0.3 is 5.32 Å². The van der Waals surface area contributed by atoms with E-state index in [2.05, 4.69) is 15.6 Å². The van der Waals surface area contributed by atoms with E-state index in [0.717, 1.165) is 4.70 Å². The number of nitrogens with zero attached hydrogens (tertiary/aromatic N) is 1. The predicted octanol–water partition coefficient (Wildman–Crippen LogP) is 4.44.